The Hall–Kier alpha value is -3.75. The van der Waals surface area contributed by atoms with Gasteiger partial charge in [-0.15, -0.1) is 0 Å². The van der Waals surface area contributed by atoms with Crippen LogP contribution in [0.25, 0.3) is 0 Å². The molecule has 0 saturated heterocycles. The van der Waals surface area contributed by atoms with E-state index in [1.807, 2.05) is 13.8 Å². The van der Waals surface area contributed by atoms with Crippen molar-refractivity contribution in [3.63, 3.8) is 0 Å². The molecule has 228 valence electrons. The molecule has 7 atom stereocenters. The molecule has 0 bridgehead atoms. The fourth-order valence-electron chi connectivity index (χ4n) is 6.05. The van der Waals surface area contributed by atoms with Gasteiger partial charge in [-0.2, -0.15) is 0 Å². The van der Waals surface area contributed by atoms with Crippen LogP contribution in [-0.4, -0.2) is 53.6 Å². The molecule has 0 amide bonds. The summed E-state index contributed by atoms with van der Waals surface area (Å²) in [7, 11) is 0. The third kappa shape index (κ3) is 7.36. The van der Waals surface area contributed by atoms with Gasteiger partial charge in [-0.05, 0) is 50.8 Å². The summed E-state index contributed by atoms with van der Waals surface area (Å²) in [4.78, 5) is 64.0. The van der Waals surface area contributed by atoms with E-state index in [-0.39, 0.29) is 24.5 Å². The number of Topliss-reactive ketones (excluding diaryl/α,β-unsaturated/α-hetero) is 1. The Balaban J connectivity index is 2.29. The van der Waals surface area contributed by atoms with Crippen LogP contribution in [0.3, 0.4) is 0 Å². The smallest absolute Gasteiger partial charge is 0.338 e. The van der Waals surface area contributed by atoms with E-state index >= 15 is 0 Å². The molecule has 1 fully saturated rings. The van der Waals surface area contributed by atoms with Crippen molar-refractivity contribution in [1.29, 1.82) is 0 Å². The second kappa shape index (κ2) is 13.0. The molecule has 0 spiro atoms. The molecular weight excluding hydrogens is 540 g/mol. The summed E-state index contributed by atoms with van der Waals surface area (Å²) in [5.41, 5.74) is -1.51. The fraction of sp³-hybridized carbons (Fsp3) is 0.545. The van der Waals surface area contributed by atoms with Crippen LogP contribution >= 0.6 is 0 Å². The Morgan fingerprint density at radius 1 is 0.881 bits per heavy atom. The lowest BCUT2D eigenvalue weighted by molar-refractivity contribution is -0.195. The topological polar surface area (TPSA) is 122 Å². The molecule has 1 saturated carbocycles. The van der Waals surface area contributed by atoms with Crippen LogP contribution in [0.1, 0.15) is 78.6 Å². The number of allylic oxidation sites excluding steroid dienone is 1. The third-order valence-electron chi connectivity index (χ3n) is 8.12. The van der Waals surface area contributed by atoms with Crippen LogP contribution in [0.15, 0.2) is 54.1 Å². The van der Waals surface area contributed by atoms with E-state index in [1.165, 1.54) is 20.8 Å². The van der Waals surface area contributed by atoms with Crippen molar-refractivity contribution in [2.24, 2.45) is 23.2 Å². The predicted molar refractivity (Wildman–Crippen MR) is 154 cm³/mol. The minimum absolute atomic E-state index is 0.0850. The summed E-state index contributed by atoms with van der Waals surface area (Å²) in [6.07, 6.45) is 2.67. The Kier molecular flexibility index (Phi) is 10.2. The zero-order valence-electron chi connectivity index (χ0n) is 25.7. The first-order valence-corrected chi connectivity index (χ1v) is 14.3. The standard InChI is InChI=1S/C33H42O9/c1-19-14-15-32(7,8)28(37)17-27(39-22(4)34)20(2)16-26-29(41-31(38)25-12-10-9-11-13-25)21(3)18-33(26,42-24(6)36)30(19)40-23(5)35/h9-16,19,21,26-27,29-30H,17-18H2,1-8H3/b15-14+,20-16?/t19-,21-,26-,27+,29-,30+,33+/m0/s1. The molecule has 2 aliphatic rings. The summed E-state index contributed by atoms with van der Waals surface area (Å²) in [6.45, 7) is 12.8. The van der Waals surface area contributed by atoms with Crippen molar-refractivity contribution in [1.82, 2.24) is 0 Å². The molecule has 0 radical (unpaired) electrons. The summed E-state index contributed by atoms with van der Waals surface area (Å²) in [6, 6.07) is 8.52. The van der Waals surface area contributed by atoms with Crippen LogP contribution < -0.4 is 0 Å². The lowest BCUT2D eigenvalue weighted by atomic mass is 9.75. The molecular formula is C33H42O9. The van der Waals surface area contributed by atoms with Gasteiger partial charge in [0.05, 0.1) is 11.5 Å². The van der Waals surface area contributed by atoms with Crippen molar-refractivity contribution in [3.8, 4) is 0 Å². The average molecular weight is 583 g/mol. The van der Waals surface area contributed by atoms with Crippen LogP contribution in [0.4, 0.5) is 0 Å². The zero-order valence-corrected chi connectivity index (χ0v) is 25.7. The van der Waals surface area contributed by atoms with Gasteiger partial charge in [0.25, 0.3) is 0 Å². The van der Waals surface area contributed by atoms with Gasteiger partial charge in [0.1, 0.15) is 24.1 Å². The first-order chi connectivity index (χ1) is 19.6. The molecule has 9 nitrogen and oxygen atoms in total. The minimum Gasteiger partial charge on any atom is -0.458 e. The number of esters is 4. The highest BCUT2D eigenvalue weighted by Gasteiger charge is 2.62. The molecule has 0 aliphatic heterocycles. The molecule has 2 aliphatic carbocycles. The van der Waals surface area contributed by atoms with Crippen molar-refractivity contribution in [2.45, 2.75) is 92.1 Å². The van der Waals surface area contributed by atoms with E-state index in [0.29, 0.717) is 11.1 Å². The van der Waals surface area contributed by atoms with Crippen molar-refractivity contribution in [3.05, 3.63) is 59.7 Å². The van der Waals surface area contributed by atoms with E-state index in [2.05, 4.69) is 0 Å². The lowest BCUT2D eigenvalue weighted by Gasteiger charge is -2.43. The molecule has 3 rings (SSSR count). The Labute approximate surface area is 247 Å². The van der Waals surface area contributed by atoms with Gasteiger partial charge in [0, 0.05) is 38.5 Å². The van der Waals surface area contributed by atoms with Crippen LogP contribution in [-0.2, 0) is 38.1 Å². The number of fused-ring (bicyclic) bond motifs is 1. The molecule has 0 heterocycles. The second-order valence-corrected chi connectivity index (χ2v) is 12.1. The van der Waals surface area contributed by atoms with E-state index in [9.17, 15) is 24.0 Å². The van der Waals surface area contributed by atoms with E-state index in [0.717, 1.165) is 0 Å². The highest BCUT2D eigenvalue weighted by atomic mass is 16.6. The second-order valence-electron chi connectivity index (χ2n) is 12.1. The number of ketones is 1. The molecule has 42 heavy (non-hydrogen) atoms. The van der Waals surface area contributed by atoms with Crippen molar-refractivity contribution >= 4 is 29.7 Å². The molecule has 1 aromatic rings. The van der Waals surface area contributed by atoms with Crippen LogP contribution in [0.2, 0.25) is 0 Å². The summed E-state index contributed by atoms with van der Waals surface area (Å²) >= 11 is 0. The molecule has 0 N–H and O–H groups in total. The van der Waals surface area contributed by atoms with E-state index in [1.54, 1.807) is 69.3 Å². The fourth-order valence-corrected chi connectivity index (χ4v) is 6.05. The summed E-state index contributed by atoms with van der Waals surface area (Å²) in [5, 5.41) is 0. The lowest BCUT2D eigenvalue weighted by Crippen LogP contribution is -2.55. The number of benzene rings is 1. The van der Waals surface area contributed by atoms with Crippen molar-refractivity contribution < 1.29 is 42.9 Å². The highest BCUT2D eigenvalue weighted by molar-refractivity contribution is 5.89. The quantitative estimate of drug-likeness (QED) is 0.263. The largest absolute Gasteiger partial charge is 0.458 e. The highest BCUT2D eigenvalue weighted by Crippen LogP contribution is 2.51. The number of ether oxygens (including phenoxy) is 4. The van der Waals surface area contributed by atoms with Gasteiger partial charge in [-0.1, -0.05) is 50.3 Å². The van der Waals surface area contributed by atoms with Gasteiger partial charge in [-0.25, -0.2) is 4.79 Å². The Morgan fingerprint density at radius 2 is 1.50 bits per heavy atom. The number of hydrogen-bond acceptors (Lipinski definition) is 9. The maximum atomic E-state index is 13.4. The van der Waals surface area contributed by atoms with Crippen LogP contribution in [0, 0.1) is 23.2 Å². The normalized spacial score (nSPS) is 31.7. The predicted octanol–water partition coefficient (Wildman–Crippen LogP) is 5.17. The number of carbonyl (C=O) groups excluding carboxylic acids is 5. The number of rotatable bonds is 5. The van der Waals surface area contributed by atoms with Gasteiger partial charge < -0.3 is 18.9 Å². The Bertz CT molecular complexity index is 1260. The van der Waals surface area contributed by atoms with Gasteiger partial charge in [-0.3, -0.25) is 19.2 Å². The van der Waals surface area contributed by atoms with Crippen molar-refractivity contribution in [2.75, 3.05) is 0 Å². The van der Waals surface area contributed by atoms with Gasteiger partial charge in [0.2, 0.25) is 0 Å². The molecule has 0 unspecified atom stereocenters. The minimum atomic E-state index is -1.45. The molecule has 9 heteroatoms. The summed E-state index contributed by atoms with van der Waals surface area (Å²) in [5.74, 6) is -4.12. The van der Waals surface area contributed by atoms with E-state index < -0.39 is 65.0 Å². The third-order valence-corrected chi connectivity index (χ3v) is 8.12. The van der Waals surface area contributed by atoms with Gasteiger partial charge in [0.15, 0.2) is 5.60 Å². The van der Waals surface area contributed by atoms with Crippen LogP contribution in [0.5, 0.6) is 0 Å². The Morgan fingerprint density at radius 3 is 2.07 bits per heavy atom. The SMILES string of the molecule is CC(=O)O[C@@H]1[C@@H](C)/C=C/C(C)(C)C(=O)C[C@@H](OC(C)=O)C(C)=C[C@H]2[C@@H](OC(=O)c3ccccc3)[C@@H](C)C[C@]12OC(C)=O. The first-order valence-electron chi connectivity index (χ1n) is 14.3. The van der Waals surface area contributed by atoms with E-state index in [4.69, 9.17) is 18.9 Å². The number of carbonyl (C=O) groups is 5. The molecule has 0 aromatic heterocycles. The maximum absolute atomic E-state index is 13.4. The monoisotopic (exact) mass is 582 g/mol. The summed E-state index contributed by atoms with van der Waals surface area (Å²) < 4.78 is 23.8. The average Bonchev–Trinajstić information content (AvgIpc) is 3.14. The number of hydrogen-bond donors (Lipinski definition) is 0. The first kappa shape index (κ1) is 32.8. The van der Waals surface area contributed by atoms with Gasteiger partial charge >= 0.3 is 23.9 Å². The zero-order chi connectivity index (χ0) is 31.4. The maximum Gasteiger partial charge on any atom is 0.338 e. The molecule has 1 aromatic carbocycles.